The van der Waals surface area contributed by atoms with Gasteiger partial charge in [-0.1, -0.05) is 34.3 Å². The molecule has 0 saturated carbocycles. The molecular formula is C11H21N3O. The van der Waals surface area contributed by atoms with Gasteiger partial charge in [-0.2, -0.15) is 9.78 Å². The van der Waals surface area contributed by atoms with Gasteiger partial charge in [-0.15, -0.1) is 0 Å². The summed E-state index contributed by atoms with van der Waals surface area (Å²) >= 11 is 0. The number of carbonyl (C=O) groups is 1. The van der Waals surface area contributed by atoms with Crippen LogP contribution in [-0.4, -0.2) is 22.9 Å². The van der Waals surface area contributed by atoms with Crippen LogP contribution in [0, 0.1) is 0 Å². The van der Waals surface area contributed by atoms with E-state index in [1.807, 2.05) is 27.7 Å². The number of rotatable bonds is 1. The Kier molecular flexibility index (Phi) is 11.1. The molecule has 0 unspecified atom stereocenters. The minimum absolute atomic E-state index is 0.259. The fourth-order valence-corrected chi connectivity index (χ4v) is 0.744. The molecular weight excluding hydrogens is 190 g/mol. The van der Waals surface area contributed by atoms with E-state index in [1.165, 1.54) is 4.68 Å². The van der Waals surface area contributed by atoms with Crippen molar-refractivity contribution in [1.82, 2.24) is 15.1 Å². The summed E-state index contributed by atoms with van der Waals surface area (Å²) in [4.78, 5) is 11.0. The van der Waals surface area contributed by atoms with Gasteiger partial charge in [-0.25, -0.2) is 4.79 Å². The SMILES string of the molecule is C=Cc1ccnn1C(=O)NC.CC.CC. The summed E-state index contributed by atoms with van der Waals surface area (Å²) in [6.45, 7) is 11.5. The number of nitrogens with zero attached hydrogens (tertiary/aromatic N) is 2. The topological polar surface area (TPSA) is 46.9 Å². The Hall–Kier alpha value is -1.58. The van der Waals surface area contributed by atoms with Crippen LogP contribution in [0.25, 0.3) is 6.08 Å². The highest BCUT2D eigenvalue weighted by Crippen LogP contribution is 1.98. The van der Waals surface area contributed by atoms with Crippen molar-refractivity contribution < 1.29 is 4.79 Å². The van der Waals surface area contributed by atoms with E-state index in [2.05, 4.69) is 17.0 Å². The van der Waals surface area contributed by atoms with E-state index >= 15 is 0 Å². The maximum atomic E-state index is 11.0. The predicted molar refractivity (Wildman–Crippen MR) is 64.9 cm³/mol. The van der Waals surface area contributed by atoms with Crippen molar-refractivity contribution in [2.24, 2.45) is 0 Å². The van der Waals surface area contributed by atoms with Crippen LogP contribution in [0.2, 0.25) is 0 Å². The molecule has 0 saturated heterocycles. The van der Waals surface area contributed by atoms with Crippen LogP contribution in [0.15, 0.2) is 18.8 Å². The minimum atomic E-state index is -0.259. The fraction of sp³-hybridized carbons (Fsp3) is 0.455. The lowest BCUT2D eigenvalue weighted by atomic mass is 10.4. The number of amides is 1. The summed E-state index contributed by atoms with van der Waals surface area (Å²) in [5.74, 6) is 0. The van der Waals surface area contributed by atoms with Crippen LogP contribution in [0.4, 0.5) is 4.79 Å². The first kappa shape index (κ1) is 15.9. The molecule has 0 aliphatic rings. The van der Waals surface area contributed by atoms with Crippen molar-refractivity contribution >= 4 is 12.1 Å². The van der Waals surface area contributed by atoms with Crippen molar-refractivity contribution in [3.05, 3.63) is 24.5 Å². The van der Waals surface area contributed by atoms with E-state index in [0.29, 0.717) is 5.69 Å². The maximum absolute atomic E-state index is 11.0. The summed E-state index contributed by atoms with van der Waals surface area (Å²) in [7, 11) is 1.55. The third-order valence-electron chi connectivity index (χ3n) is 1.29. The lowest BCUT2D eigenvalue weighted by molar-refractivity contribution is 0.241. The van der Waals surface area contributed by atoms with E-state index in [9.17, 15) is 4.79 Å². The first-order chi connectivity index (χ1) is 7.29. The van der Waals surface area contributed by atoms with Gasteiger partial charge in [-0.05, 0) is 12.1 Å². The van der Waals surface area contributed by atoms with Crippen LogP contribution in [0.3, 0.4) is 0 Å². The minimum Gasteiger partial charge on any atom is -0.339 e. The fourth-order valence-electron chi connectivity index (χ4n) is 0.744. The van der Waals surface area contributed by atoms with Gasteiger partial charge in [0.25, 0.3) is 0 Å². The van der Waals surface area contributed by atoms with Crippen LogP contribution >= 0.6 is 0 Å². The monoisotopic (exact) mass is 211 g/mol. The normalized spacial score (nSPS) is 7.53. The number of carbonyl (C=O) groups excluding carboxylic acids is 1. The standard InChI is InChI=1S/C7H9N3O.2C2H6/c1-3-6-4-5-9-10(6)7(11)8-2;2*1-2/h3-5H,1H2,2H3,(H,8,11);2*1-2H3. The Morgan fingerprint density at radius 1 is 1.47 bits per heavy atom. The van der Waals surface area contributed by atoms with Gasteiger partial charge in [0.05, 0.1) is 11.9 Å². The van der Waals surface area contributed by atoms with E-state index in [1.54, 1.807) is 25.4 Å². The summed E-state index contributed by atoms with van der Waals surface area (Å²) < 4.78 is 1.24. The zero-order valence-electron chi connectivity index (χ0n) is 10.2. The van der Waals surface area contributed by atoms with Gasteiger partial charge in [0.2, 0.25) is 0 Å². The lowest BCUT2D eigenvalue weighted by Crippen LogP contribution is -2.26. The maximum Gasteiger partial charge on any atom is 0.342 e. The average Bonchev–Trinajstić information content (AvgIpc) is 2.81. The Bertz CT molecular complexity index is 279. The third-order valence-corrected chi connectivity index (χ3v) is 1.29. The highest BCUT2D eigenvalue weighted by atomic mass is 16.2. The molecule has 4 heteroatoms. The second-order valence-electron chi connectivity index (χ2n) is 1.93. The molecule has 4 nitrogen and oxygen atoms in total. The van der Waals surface area contributed by atoms with Crippen molar-refractivity contribution in [3.63, 3.8) is 0 Å². The Morgan fingerprint density at radius 2 is 2.00 bits per heavy atom. The second-order valence-corrected chi connectivity index (χ2v) is 1.93. The molecule has 86 valence electrons. The molecule has 1 rings (SSSR count). The van der Waals surface area contributed by atoms with Crippen LogP contribution in [0.1, 0.15) is 33.4 Å². The average molecular weight is 211 g/mol. The van der Waals surface area contributed by atoms with Gasteiger partial charge in [0.15, 0.2) is 0 Å². The molecule has 0 aliphatic heterocycles. The highest BCUT2D eigenvalue weighted by molar-refractivity contribution is 5.77. The van der Waals surface area contributed by atoms with Crippen LogP contribution in [0.5, 0.6) is 0 Å². The zero-order chi connectivity index (χ0) is 12.3. The molecule has 0 radical (unpaired) electrons. The molecule has 1 N–H and O–H groups in total. The van der Waals surface area contributed by atoms with E-state index in [0.717, 1.165) is 0 Å². The first-order valence-corrected chi connectivity index (χ1v) is 5.18. The van der Waals surface area contributed by atoms with Gasteiger partial charge < -0.3 is 5.32 Å². The van der Waals surface area contributed by atoms with Gasteiger partial charge in [0.1, 0.15) is 0 Å². The summed E-state index contributed by atoms with van der Waals surface area (Å²) in [6.07, 6.45) is 3.12. The molecule has 1 aromatic heterocycles. The van der Waals surface area contributed by atoms with Crippen LogP contribution in [-0.2, 0) is 0 Å². The molecule has 0 bridgehead atoms. The van der Waals surface area contributed by atoms with Crippen molar-refractivity contribution in [1.29, 1.82) is 0 Å². The molecule has 1 aromatic rings. The molecule has 0 fully saturated rings. The molecule has 15 heavy (non-hydrogen) atoms. The van der Waals surface area contributed by atoms with Gasteiger partial charge >= 0.3 is 6.03 Å². The highest BCUT2D eigenvalue weighted by Gasteiger charge is 2.04. The predicted octanol–water partition coefficient (Wildman–Crippen LogP) is 2.77. The second kappa shape index (κ2) is 10.5. The Balaban J connectivity index is 0. The third kappa shape index (κ3) is 5.00. The van der Waals surface area contributed by atoms with E-state index in [-0.39, 0.29) is 6.03 Å². The summed E-state index contributed by atoms with van der Waals surface area (Å²) in [6, 6.07) is 1.45. The zero-order valence-corrected chi connectivity index (χ0v) is 10.2. The molecule has 0 aliphatic carbocycles. The summed E-state index contributed by atoms with van der Waals surface area (Å²) in [5, 5.41) is 6.25. The van der Waals surface area contributed by atoms with E-state index in [4.69, 9.17) is 0 Å². The smallest absolute Gasteiger partial charge is 0.339 e. The largest absolute Gasteiger partial charge is 0.342 e. The van der Waals surface area contributed by atoms with Crippen LogP contribution < -0.4 is 5.32 Å². The van der Waals surface area contributed by atoms with E-state index < -0.39 is 0 Å². The molecule has 1 heterocycles. The van der Waals surface area contributed by atoms with Crippen molar-refractivity contribution in [2.45, 2.75) is 27.7 Å². The number of hydrogen-bond acceptors (Lipinski definition) is 2. The van der Waals surface area contributed by atoms with Gasteiger partial charge in [-0.3, -0.25) is 0 Å². The van der Waals surface area contributed by atoms with Gasteiger partial charge in [0, 0.05) is 7.05 Å². The number of hydrogen-bond donors (Lipinski definition) is 1. The quantitative estimate of drug-likeness (QED) is 0.776. The molecule has 0 atom stereocenters. The number of nitrogens with one attached hydrogen (secondary N) is 1. The molecule has 1 amide bonds. The Morgan fingerprint density at radius 3 is 2.40 bits per heavy atom. The first-order valence-electron chi connectivity index (χ1n) is 5.18. The number of aromatic nitrogens is 2. The van der Waals surface area contributed by atoms with Crippen molar-refractivity contribution in [2.75, 3.05) is 7.05 Å². The summed E-state index contributed by atoms with van der Waals surface area (Å²) in [5.41, 5.74) is 0.685. The Labute approximate surface area is 92.0 Å². The molecule has 0 aromatic carbocycles. The van der Waals surface area contributed by atoms with Crippen molar-refractivity contribution in [3.8, 4) is 0 Å². The molecule has 0 spiro atoms. The lowest BCUT2D eigenvalue weighted by Gasteiger charge is -1.99.